The van der Waals surface area contributed by atoms with Gasteiger partial charge in [0.05, 0.1) is 0 Å². The molecule has 0 spiro atoms. The lowest BCUT2D eigenvalue weighted by Gasteiger charge is -2.23. The highest BCUT2D eigenvalue weighted by atomic mass is 14.2. The van der Waals surface area contributed by atoms with E-state index in [1.54, 1.807) is 0 Å². The quantitative estimate of drug-likeness (QED) is 0.354. The summed E-state index contributed by atoms with van der Waals surface area (Å²) in [7, 11) is 0. The first-order chi connectivity index (χ1) is 9.03. The van der Waals surface area contributed by atoms with Gasteiger partial charge in [0.15, 0.2) is 0 Å². The van der Waals surface area contributed by atoms with Crippen molar-refractivity contribution in [1.29, 1.82) is 0 Å². The van der Waals surface area contributed by atoms with Crippen LogP contribution in [0.3, 0.4) is 0 Å². The van der Waals surface area contributed by atoms with Crippen LogP contribution in [-0.4, -0.2) is 0 Å². The van der Waals surface area contributed by atoms with Crippen molar-refractivity contribution in [3.05, 3.63) is 0 Å². The average Bonchev–Trinajstić information content (AvgIpc) is 2.39. The number of hydrogen-bond acceptors (Lipinski definition) is 0. The van der Waals surface area contributed by atoms with Crippen LogP contribution in [0.4, 0.5) is 0 Å². The van der Waals surface area contributed by atoms with Gasteiger partial charge in [0.2, 0.25) is 0 Å². The lowest BCUT2D eigenvalue weighted by molar-refractivity contribution is 0.294. The molecule has 0 aliphatic carbocycles. The summed E-state index contributed by atoms with van der Waals surface area (Å²) in [4.78, 5) is 0. The van der Waals surface area contributed by atoms with Gasteiger partial charge >= 0.3 is 0 Å². The molecule has 3 atom stereocenters. The molecule has 0 N–H and O–H groups in total. The van der Waals surface area contributed by atoms with E-state index >= 15 is 0 Å². The third kappa shape index (κ3) is 10.4. The van der Waals surface area contributed by atoms with Gasteiger partial charge in [0.25, 0.3) is 0 Å². The van der Waals surface area contributed by atoms with Crippen LogP contribution in [0.25, 0.3) is 0 Å². The molecular weight excluding hydrogens is 228 g/mol. The first kappa shape index (κ1) is 19.0. The van der Waals surface area contributed by atoms with Crippen LogP contribution in [0.1, 0.15) is 99.3 Å². The summed E-state index contributed by atoms with van der Waals surface area (Å²) in [6.07, 6.45) is 12.8. The summed E-state index contributed by atoms with van der Waals surface area (Å²) in [5, 5.41) is 0. The molecular formula is C19H40. The fourth-order valence-corrected chi connectivity index (χ4v) is 3.14. The van der Waals surface area contributed by atoms with Crippen molar-refractivity contribution >= 4 is 0 Å². The summed E-state index contributed by atoms with van der Waals surface area (Å²) in [5.74, 6) is 3.78. The normalized spacial score (nSPS) is 16.6. The lowest BCUT2D eigenvalue weighted by Crippen LogP contribution is -2.10. The Bertz CT molecular complexity index is 182. The third-order valence-corrected chi connectivity index (χ3v) is 4.82. The van der Waals surface area contributed by atoms with Crippen LogP contribution in [0.15, 0.2) is 0 Å². The molecule has 0 nitrogen and oxygen atoms in total. The minimum Gasteiger partial charge on any atom is -0.0654 e. The van der Waals surface area contributed by atoms with Crippen molar-refractivity contribution in [3.63, 3.8) is 0 Å². The SMILES string of the molecule is CCCC(CC)CC(CC)CCC(C)CCC(C)C. The highest BCUT2D eigenvalue weighted by Crippen LogP contribution is 2.28. The van der Waals surface area contributed by atoms with Crippen molar-refractivity contribution in [2.24, 2.45) is 23.7 Å². The van der Waals surface area contributed by atoms with E-state index < -0.39 is 0 Å². The fraction of sp³-hybridized carbons (Fsp3) is 1.00. The molecule has 19 heavy (non-hydrogen) atoms. The van der Waals surface area contributed by atoms with E-state index in [9.17, 15) is 0 Å². The Kier molecular flexibility index (Phi) is 11.8. The Labute approximate surface area is 123 Å². The molecule has 0 saturated carbocycles. The first-order valence-corrected chi connectivity index (χ1v) is 9.03. The molecule has 0 rings (SSSR count). The van der Waals surface area contributed by atoms with E-state index in [1.165, 1.54) is 57.8 Å². The molecule has 0 bridgehead atoms. The van der Waals surface area contributed by atoms with E-state index in [0.717, 1.165) is 23.7 Å². The Balaban J connectivity index is 3.91. The first-order valence-electron chi connectivity index (χ1n) is 9.03. The number of rotatable bonds is 12. The Hall–Kier alpha value is 0. The minimum absolute atomic E-state index is 0.874. The summed E-state index contributed by atoms with van der Waals surface area (Å²) in [6.45, 7) is 14.2. The molecule has 0 heteroatoms. The van der Waals surface area contributed by atoms with Crippen LogP contribution in [0, 0.1) is 23.7 Å². The van der Waals surface area contributed by atoms with Crippen molar-refractivity contribution in [3.8, 4) is 0 Å². The Morgan fingerprint density at radius 2 is 1.16 bits per heavy atom. The second-order valence-electron chi connectivity index (χ2n) is 7.23. The summed E-state index contributed by atoms with van der Waals surface area (Å²) >= 11 is 0. The molecule has 0 aromatic heterocycles. The summed E-state index contributed by atoms with van der Waals surface area (Å²) < 4.78 is 0. The molecule has 0 saturated heterocycles. The standard InChI is InChI=1S/C19H40/c1-7-10-18(8-2)15-19(9-3)14-13-17(6)12-11-16(4)5/h16-19H,7-15H2,1-6H3. The highest BCUT2D eigenvalue weighted by Gasteiger charge is 2.14. The van der Waals surface area contributed by atoms with Gasteiger partial charge in [-0.05, 0) is 30.1 Å². The van der Waals surface area contributed by atoms with Gasteiger partial charge in [-0.15, -0.1) is 0 Å². The van der Waals surface area contributed by atoms with Gasteiger partial charge in [-0.25, -0.2) is 0 Å². The maximum atomic E-state index is 2.46. The molecule has 3 unspecified atom stereocenters. The van der Waals surface area contributed by atoms with Gasteiger partial charge in [-0.2, -0.15) is 0 Å². The van der Waals surface area contributed by atoms with Gasteiger partial charge in [0, 0.05) is 0 Å². The smallest absolute Gasteiger partial charge is 0.0414 e. The Morgan fingerprint density at radius 1 is 0.632 bits per heavy atom. The van der Waals surface area contributed by atoms with E-state index in [-0.39, 0.29) is 0 Å². The molecule has 0 aliphatic rings. The van der Waals surface area contributed by atoms with Crippen LogP contribution in [0.2, 0.25) is 0 Å². The van der Waals surface area contributed by atoms with Crippen LogP contribution in [0.5, 0.6) is 0 Å². The topological polar surface area (TPSA) is 0 Å². The molecule has 0 radical (unpaired) electrons. The van der Waals surface area contributed by atoms with Gasteiger partial charge in [0.1, 0.15) is 0 Å². The van der Waals surface area contributed by atoms with Gasteiger partial charge < -0.3 is 0 Å². The van der Waals surface area contributed by atoms with E-state index in [1.807, 2.05) is 0 Å². The largest absolute Gasteiger partial charge is 0.0654 e. The van der Waals surface area contributed by atoms with Crippen LogP contribution in [-0.2, 0) is 0 Å². The van der Waals surface area contributed by atoms with Gasteiger partial charge in [-0.1, -0.05) is 92.9 Å². The summed E-state index contributed by atoms with van der Waals surface area (Å²) in [5.41, 5.74) is 0. The second kappa shape index (κ2) is 11.8. The predicted octanol–water partition coefficient (Wildman–Crippen LogP) is 7.08. The molecule has 0 aromatic carbocycles. The molecule has 0 aliphatic heterocycles. The maximum Gasteiger partial charge on any atom is -0.0414 e. The monoisotopic (exact) mass is 268 g/mol. The zero-order valence-corrected chi connectivity index (χ0v) is 14.7. The highest BCUT2D eigenvalue weighted by molar-refractivity contribution is 4.67. The molecule has 0 heterocycles. The predicted molar refractivity (Wildman–Crippen MR) is 89.6 cm³/mol. The maximum absolute atomic E-state index is 2.46. The van der Waals surface area contributed by atoms with E-state index in [4.69, 9.17) is 0 Å². The van der Waals surface area contributed by atoms with Crippen LogP contribution >= 0.6 is 0 Å². The van der Waals surface area contributed by atoms with Crippen molar-refractivity contribution in [1.82, 2.24) is 0 Å². The third-order valence-electron chi connectivity index (χ3n) is 4.82. The zero-order valence-electron chi connectivity index (χ0n) is 14.7. The summed E-state index contributed by atoms with van der Waals surface area (Å²) in [6, 6.07) is 0. The Morgan fingerprint density at radius 3 is 1.63 bits per heavy atom. The lowest BCUT2D eigenvalue weighted by atomic mass is 9.83. The minimum atomic E-state index is 0.874. The van der Waals surface area contributed by atoms with Crippen molar-refractivity contribution < 1.29 is 0 Å². The van der Waals surface area contributed by atoms with Crippen molar-refractivity contribution in [2.45, 2.75) is 99.3 Å². The zero-order chi connectivity index (χ0) is 14.7. The van der Waals surface area contributed by atoms with Crippen LogP contribution < -0.4 is 0 Å². The van der Waals surface area contributed by atoms with E-state index in [2.05, 4.69) is 41.5 Å². The van der Waals surface area contributed by atoms with Crippen molar-refractivity contribution in [2.75, 3.05) is 0 Å². The van der Waals surface area contributed by atoms with E-state index in [0.29, 0.717) is 0 Å². The molecule has 116 valence electrons. The fourth-order valence-electron chi connectivity index (χ4n) is 3.14. The molecule has 0 fully saturated rings. The molecule has 0 amide bonds. The molecule has 0 aromatic rings. The van der Waals surface area contributed by atoms with Gasteiger partial charge in [-0.3, -0.25) is 0 Å². The second-order valence-corrected chi connectivity index (χ2v) is 7.23. The average molecular weight is 269 g/mol. The number of hydrogen-bond donors (Lipinski definition) is 0.